The predicted octanol–water partition coefficient (Wildman–Crippen LogP) is 0.638. The van der Waals surface area contributed by atoms with Gasteiger partial charge in [0.25, 0.3) is 0 Å². The molecular formula is C4H9Cl2N2+. The molecule has 0 rings (SSSR count). The zero-order chi connectivity index (χ0) is 6.57. The number of halogens is 2. The third-order valence-electron chi connectivity index (χ3n) is 0.641. The summed E-state index contributed by atoms with van der Waals surface area (Å²) in [4.78, 5) is -0.470. The summed E-state index contributed by atoms with van der Waals surface area (Å²) in [5, 5.41) is 2.78. The molecule has 0 atom stereocenters. The lowest BCUT2D eigenvalue weighted by molar-refractivity contribution is -0.490. The van der Waals surface area contributed by atoms with Gasteiger partial charge < -0.3 is 0 Å². The molecule has 0 aliphatic carbocycles. The molecule has 8 heavy (non-hydrogen) atoms. The van der Waals surface area contributed by atoms with E-state index in [1.165, 1.54) is 0 Å². The molecule has 0 aliphatic rings. The molecule has 0 aromatic carbocycles. The van der Waals surface area contributed by atoms with Crippen molar-refractivity contribution in [3.63, 3.8) is 0 Å². The van der Waals surface area contributed by atoms with Crippen LogP contribution in [0.2, 0.25) is 0 Å². The standard InChI is InChI=1S/C4H8Cl2N2/c1-7-3-8(2)4(5)6/h3-4H,1-2H3/p+1. The topological polar surface area (TPSA) is 15.0 Å². The Morgan fingerprint density at radius 1 is 1.62 bits per heavy atom. The maximum absolute atomic E-state index is 5.43. The van der Waals surface area contributed by atoms with Gasteiger partial charge >= 0.3 is 0 Å². The van der Waals surface area contributed by atoms with E-state index in [1.54, 1.807) is 25.0 Å². The lowest BCUT2D eigenvalue weighted by atomic mass is 11.0. The SMILES string of the molecule is CN/C=[N+](\C)C(Cl)Cl. The van der Waals surface area contributed by atoms with Gasteiger partial charge in [-0.15, -0.1) is 0 Å². The Morgan fingerprint density at radius 2 is 2.12 bits per heavy atom. The van der Waals surface area contributed by atoms with Crippen LogP contribution in [0.1, 0.15) is 0 Å². The van der Waals surface area contributed by atoms with E-state index in [9.17, 15) is 0 Å². The summed E-state index contributed by atoms with van der Waals surface area (Å²) in [5.41, 5.74) is 0. The minimum atomic E-state index is -0.470. The van der Waals surface area contributed by atoms with Crippen molar-refractivity contribution >= 4 is 29.5 Å². The fourth-order valence-electron chi connectivity index (χ4n) is 0.260. The first kappa shape index (κ1) is 8.05. The van der Waals surface area contributed by atoms with Crippen LogP contribution < -0.4 is 5.32 Å². The second-order valence-electron chi connectivity index (χ2n) is 1.36. The molecule has 48 valence electrons. The average molecular weight is 156 g/mol. The first-order chi connectivity index (χ1) is 3.68. The van der Waals surface area contributed by atoms with Crippen molar-refractivity contribution in [1.29, 1.82) is 0 Å². The van der Waals surface area contributed by atoms with E-state index >= 15 is 0 Å². The van der Waals surface area contributed by atoms with E-state index in [0.717, 1.165) is 0 Å². The van der Waals surface area contributed by atoms with E-state index in [0.29, 0.717) is 0 Å². The zero-order valence-corrected chi connectivity index (χ0v) is 6.37. The zero-order valence-electron chi connectivity index (χ0n) is 4.86. The highest BCUT2D eigenvalue weighted by atomic mass is 35.5. The Hall–Kier alpha value is 0.0500. The summed E-state index contributed by atoms with van der Waals surface area (Å²) in [5.74, 6) is 0. The largest absolute Gasteiger partial charge is 0.284 e. The van der Waals surface area contributed by atoms with Gasteiger partial charge in [-0.05, 0) is 0 Å². The Labute approximate surface area is 59.1 Å². The molecule has 0 saturated heterocycles. The molecule has 4 heteroatoms. The Morgan fingerprint density at radius 3 is 2.25 bits per heavy atom. The fraction of sp³-hybridized carbons (Fsp3) is 0.750. The maximum Gasteiger partial charge on any atom is 0.245 e. The normalized spacial score (nSPS) is 12.4. The molecule has 0 fully saturated rings. The second-order valence-corrected chi connectivity index (χ2v) is 2.41. The van der Waals surface area contributed by atoms with Gasteiger partial charge in [0, 0.05) is 0 Å². The van der Waals surface area contributed by atoms with Gasteiger partial charge in [-0.3, -0.25) is 5.32 Å². The van der Waals surface area contributed by atoms with Gasteiger partial charge in [0.05, 0.1) is 14.1 Å². The smallest absolute Gasteiger partial charge is 0.245 e. The molecule has 0 unspecified atom stereocenters. The molecule has 0 saturated carbocycles. The van der Waals surface area contributed by atoms with Crippen molar-refractivity contribution in [2.45, 2.75) is 4.96 Å². The second kappa shape index (κ2) is 3.98. The number of rotatable bonds is 2. The molecule has 0 spiro atoms. The van der Waals surface area contributed by atoms with Crippen molar-refractivity contribution < 1.29 is 4.58 Å². The molecule has 1 N–H and O–H groups in total. The molecular weight excluding hydrogens is 147 g/mol. The fourth-order valence-corrected chi connectivity index (χ4v) is 0.373. The molecule has 0 bridgehead atoms. The Bertz CT molecular complexity index is 90.0. The molecule has 0 aliphatic heterocycles. The predicted molar refractivity (Wildman–Crippen MR) is 36.8 cm³/mol. The van der Waals surface area contributed by atoms with Crippen molar-refractivity contribution in [3.8, 4) is 0 Å². The van der Waals surface area contributed by atoms with E-state index in [-0.39, 0.29) is 0 Å². The van der Waals surface area contributed by atoms with Crippen LogP contribution in [0.4, 0.5) is 0 Å². The third kappa shape index (κ3) is 3.10. The summed E-state index contributed by atoms with van der Waals surface area (Å²) in [6.07, 6.45) is 1.69. The first-order valence-electron chi connectivity index (χ1n) is 2.19. The lowest BCUT2D eigenvalue weighted by Gasteiger charge is -1.96. The Balaban J connectivity index is 3.61. The number of hydrogen-bond acceptors (Lipinski definition) is 0. The molecule has 0 aromatic rings. The summed E-state index contributed by atoms with van der Waals surface area (Å²) in [6.45, 7) is 0. The highest BCUT2D eigenvalue weighted by Crippen LogP contribution is 1.98. The van der Waals surface area contributed by atoms with E-state index in [2.05, 4.69) is 5.32 Å². The van der Waals surface area contributed by atoms with Gasteiger partial charge in [0.15, 0.2) is 0 Å². The highest BCUT2D eigenvalue weighted by molar-refractivity contribution is 6.42. The average Bonchev–Trinajstić information content (AvgIpc) is 1.67. The van der Waals surface area contributed by atoms with Crippen LogP contribution in [0.5, 0.6) is 0 Å². The summed E-state index contributed by atoms with van der Waals surface area (Å²) in [7, 11) is 3.56. The van der Waals surface area contributed by atoms with Crippen LogP contribution in [-0.4, -0.2) is 30.0 Å². The number of hydrogen-bond donors (Lipinski definition) is 1. The minimum absolute atomic E-state index is 0.470. The summed E-state index contributed by atoms with van der Waals surface area (Å²) < 4.78 is 1.64. The number of nitrogens with zero attached hydrogens (tertiary/aromatic N) is 1. The molecule has 0 amide bonds. The van der Waals surface area contributed by atoms with Crippen LogP contribution in [0.15, 0.2) is 0 Å². The van der Waals surface area contributed by atoms with Crippen molar-refractivity contribution in [2.24, 2.45) is 0 Å². The van der Waals surface area contributed by atoms with Crippen LogP contribution in [0.3, 0.4) is 0 Å². The van der Waals surface area contributed by atoms with Gasteiger partial charge in [0.1, 0.15) is 0 Å². The van der Waals surface area contributed by atoms with Gasteiger partial charge in [0.2, 0.25) is 11.3 Å². The van der Waals surface area contributed by atoms with Crippen molar-refractivity contribution in [1.82, 2.24) is 5.32 Å². The summed E-state index contributed by atoms with van der Waals surface area (Å²) >= 11 is 10.9. The minimum Gasteiger partial charge on any atom is -0.284 e. The van der Waals surface area contributed by atoms with Crippen molar-refractivity contribution in [2.75, 3.05) is 14.1 Å². The van der Waals surface area contributed by atoms with Crippen LogP contribution >= 0.6 is 23.2 Å². The molecule has 0 radical (unpaired) electrons. The lowest BCUT2D eigenvalue weighted by Crippen LogP contribution is -2.19. The van der Waals surface area contributed by atoms with E-state index in [1.807, 2.05) is 0 Å². The van der Waals surface area contributed by atoms with E-state index in [4.69, 9.17) is 23.2 Å². The Kier molecular flexibility index (Phi) is 4.01. The van der Waals surface area contributed by atoms with Gasteiger partial charge in [-0.2, -0.15) is 0 Å². The van der Waals surface area contributed by atoms with Gasteiger partial charge in [-0.25, -0.2) is 4.58 Å². The number of alkyl halides is 2. The van der Waals surface area contributed by atoms with E-state index < -0.39 is 4.96 Å². The summed E-state index contributed by atoms with van der Waals surface area (Å²) in [6, 6.07) is 0. The monoisotopic (exact) mass is 155 g/mol. The van der Waals surface area contributed by atoms with Crippen LogP contribution in [-0.2, 0) is 0 Å². The number of nitrogens with one attached hydrogen (secondary N) is 1. The van der Waals surface area contributed by atoms with Crippen LogP contribution in [0, 0.1) is 0 Å². The first-order valence-corrected chi connectivity index (χ1v) is 3.06. The van der Waals surface area contributed by atoms with Gasteiger partial charge in [-0.1, -0.05) is 23.2 Å². The molecule has 0 heterocycles. The molecule has 2 nitrogen and oxygen atoms in total. The van der Waals surface area contributed by atoms with Crippen molar-refractivity contribution in [3.05, 3.63) is 0 Å². The van der Waals surface area contributed by atoms with Crippen LogP contribution in [0.25, 0.3) is 0 Å². The quantitative estimate of drug-likeness (QED) is 0.204. The maximum atomic E-state index is 5.43. The third-order valence-corrected chi connectivity index (χ3v) is 1.26. The highest BCUT2D eigenvalue weighted by Gasteiger charge is 2.00. The molecule has 0 aromatic heterocycles.